The first kappa shape index (κ1) is 35.9. The minimum Gasteiger partial charge on any atom is -0.444 e. The zero-order valence-corrected chi connectivity index (χ0v) is 31.2. The van der Waals surface area contributed by atoms with E-state index in [1.165, 1.54) is 17.7 Å². The van der Waals surface area contributed by atoms with Gasteiger partial charge < -0.3 is 25.2 Å². The summed E-state index contributed by atoms with van der Waals surface area (Å²) in [5, 5.41) is 6.89. The lowest BCUT2D eigenvalue weighted by atomic mass is 9.95. The molecule has 3 aromatic rings. The number of benzene rings is 2. The second-order valence-electron chi connectivity index (χ2n) is 14.8. The van der Waals surface area contributed by atoms with Crippen molar-refractivity contribution < 1.29 is 19.1 Å². The molecule has 6 rings (SSSR count). The predicted octanol–water partition coefficient (Wildman–Crippen LogP) is 8.34. The van der Waals surface area contributed by atoms with Gasteiger partial charge in [0.2, 0.25) is 0 Å². The highest BCUT2D eigenvalue weighted by molar-refractivity contribution is 7.17. The van der Waals surface area contributed by atoms with Crippen LogP contribution in [0.1, 0.15) is 110 Å². The summed E-state index contributed by atoms with van der Waals surface area (Å²) in [5.74, 6) is -0.381. The molecule has 50 heavy (non-hydrogen) atoms. The van der Waals surface area contributed by atoms with E-state index in [2.05, 4.69) is 40.3 Å². The molecule has 2 N–H and O–H groups in total. The second kappa shape index (κ2) is 15.6. The summed E-state index contributed by atoms with van der Waals surface area (Å²) in [4.78, 5) is 48.1. The fraction of sp³-hybridized carbons (Fsp3) is 0.525. The van der Waals surface area contributed by atoms with Gasteiger partial charge in [-0.2, -0.15) is 0 Å². The molecule has 0 unspecified atom stereocenters. The average molecular weight is 700 g/mol. The van der Waals surface area contributed by atoms with Crippen molar-refractivity contribution in [2.24, 2.45) is 0 Å². The van der Waals surface area contributed by atoms with Crippen molar-refractivity contribution in [3.8, 4) is 0 Å². The lowest BCUT2D eigenvalue weighted by Crippen LogP contribution is -2.48. The van der Waals surface area contributed by atoms with Crippen LogP contribution in [0.5, 0.6) is 0 Å². The standard InChI is InChI=1S/C40H53N5O4S/c1-6-43(7-2)30-17-15-29(16-18-30)41-37(47)35-33-13-8-9-14-34(33)50-38(35)42-36(46)28-12-10-11-27(25-28)26-45(31-19-20-31)32-21-23-44(24-22-32)39(48)49-40(3,4)5/h10-12,15-18,25,31-32H,6-9,13-14,19-24,26H2,1-5H3,(H,41,47)(H,42,46). The first-order valence-corrected chi connectivity index (χ1v) is 19.3. The summed E-state index contributed by atoms with van der Waals surface area (Å²) in [6.45, 7) is 14.0. The van der Waals surface area contributed by atoms with Gasteiger partial charge in [0.25, 0.3) is 11.8 Å². The van der Waals surface area contributed by atoms with E-state index in [1.807, 2.05) is 68.1 Å². The number of piperidine rings is 1. The molecule has 2 aromatic carbocycles. The Hall–Kier alpha value is -3.89. The zero-order chi connectivity index (χ0) is 35.4. The number of likely N-dealkylation sites (tertiary alicyclic amines) is 1. The quantitative estimate of drug-likeness (QED) is 0.209. The lowest BCUT2D eigenvalue weighted by molar-refractivity contribution is 0.0131. The molecule has 268 valence electrons. The van der Waals surface area contributed by atoms with Crippen molar-refractivity contribution in [3.63, 3.8) is 0 Å². The Bertz CT molecular complexity index is 1660. The van der Waals surface area contributed by atoms with E-state index in [-0.39, 0.29) is 17.9 Å². The highest BCUT2D eigenvalue weighted by Gasteiger charge is 2.37. The van der Waals surface area contributed by atoms with Crippen LogP contribution in [0.25, 0.3) is 0 Å². The van der Waals surface area contributed by atoms with Gasteiger partial charge >= 0.3 is 6.09 Å². The molecule has 0 spiro atoms. The number of rotatable bonds is 11. The maximum atomic E-state index is 13.8. The van der Waals surface area contributed by atoms with Crippen LogP contribution in [-0.2, 0) is 24.1 Å². The Balaban J connectivity index is 1.13. The summed E-state index contributed by atoms with van der Waals surface area (Å²) >= 11 is 1.54. The Morgan fingerprint density at radius 2 is 1.56 bits per heavy atom. The average Bonchev–Trinajstić information content (AvgIpc) is 3.88. The topological polar surface area (TPSA) is 94.2 Å². The van der Waals surface area contributed by atoms with Crippen molar-refractivity contribution in [1.29, 1.82) is 0 Å². The van der Waals surface area contributed by atoms with Crippen LogP contribution in [0.2, 0.25) is 0 Å². The molecule has 1 aromatic heterocycles. The van der Waals surface area contributed by atoms with Crippen LogP contribution < -0.4 is 15.5 Å². The first-order chi connectivity index (χ1) is 24.0. The molecular weight excluding hydrogens is 647 g/mol. The van der Waals surface area contributed by atoms with E-state index in [0.29, 0.717) is 41.3 Å². The van der Waals surface area contributed by atoms with Gasteiger partial charge in [0.05, 0.1) is 5.56 Å². The molecule has 3 aliphatic rings. The number of nitrogens with one attached hydrogen (secondary N) is 2. The number of fused-ring (bicyclic) bond motifs is 1. The van der Waals surface area contributed by atoms with Gasteiger partial charge in [0.15, 0.2) is 0 Å². The predicted molar refractivity (Wildman–Crippen MR) is 203 cm³/mol. The van der Waals surface area contributed by atoms with Crippen molar-refractivity contribution in [1.82, 2.24) is 9.80 Å². The third-order valence-electron chi connectivity index (χ3n) is 10.0. The number of carbonyl (C=O) groups is 3. The van der Waals surface area contributed by atoms with Gasteiger partial charge in [0.1, 0.15) is 10.6 Å². The molecular formula is C40H53N5O4S. The molecule has 10 heteroatoms. The number of amides is 3. The fourth-order valence-electron chi connectivity index (χ4n) is 7.30. The van der Waals surface area contributed by atoms with E-state index in [0.717, 1.165) is 80.7 Å². The van der Waals surface area contributed by atoms with Crippen LogP contribution in [0, 0.1) is 0 Å². The van der Waals surface area contributed by atoms with Crippen molar-refractivity contribution in [2.75, 3.05) is 41.7 Å². The molecule has 1 saturated carbocycles. The van der Waals surface area contributed by atoms with Crippen LogP contribution >= 0.6 is 11.3 Å². The van der Waals surface area contributed by atoms with Crippen LogP contribution in [0.3, 0.4) is 0 Å². The Morgan fingerprint density at radius 1 is 0.880 bits per heavy atom. The minimum absolute atomic E-state index is 0.179. The molecule has 1 aliphatic heterocycles. The Kier molecular flexibility index (Phi) is 11.2. The number of ether oxygens (including phenoxy) is 1. The number of hydrogen-bond donors (Lipinski definition) is 2. The molecule has 3 amide bonds. The van der Waals surface area contributed by atoms with Gasteiger partial charge in [-0.3, -0.25) is 14.5 Å². The maximum absolute atomic E-state index is 13.8. The van der Waals surface area contributed by atoms with E-state index < -0.39 is 5.60 Å². The van der Waals surface area contributed by atoms with Crippen LogP contribution in [0.15, 0.2) is 48.5 Å². The Morgan fingerprint density at radius 3 is 2.22 bits per heavy atom. The van der Waals surface area contributed by atoms with Gasteiger partial charge in [0, 0.05) is 66.6 Å². The molecule has 1 saturated heterocycles. The number of aryl methyl sites for hydroxylation is 1. The smallest absolute Gasteiger partial charge is 0.410 e. The monoisotopic (exact) mass is 699 g/mol. The fourth-order valence-corrected chi connectivity index (χ4v) is 8.58. The van der Waals surface area contributed by atoms with Gasteiger partial charge in [-0.1, -0.05) is 12.1 Å². The number of thiophene rings is 1. The summed E-state index contributed by atoms with van der Waals surface area (Å²) in [5.41, 5.74) is 4.71. The SMILES string of the molecule is CCN(CC)c1ccc(NC(=O)c2c(NC(=O)c3cccc(CN(C4CC4)C4CCN(C(=O)OC(C)(C)C)CC4)c3)sc3c2CCCC3)cc1. The minimum atomic E-state index is -0.500. The molecule has 2 heterocycles. The van der Waals surface area contributed by atoms with Crippen LogP contribution in [0.4, 0.5) is 21.2 Å². The second-order valence-corrected chi connectivity index (χ2v) is 16.0. The van der Waals surface area contributed by atoms with Crippen molar-refractivity contribution in [3.05, 3.63) is 75.7 Å². The zero-order valence-electron chi connectivity index (χ0n) is 30.3. The van der Waals surface area contributed by atoms with E-state index >= 15 is 0 Å². The summed E-state index contributed by atoms with van der Waals surface area (Å²) in [7, 11) is 0. The lowest BCUT2D eigenvalue weighted by Gasteiger charge is -2.39. The third-order valence-corrected chi connectivity index (χ3v) is 11.2. The summed E-state index contributed by atoms with van der Waals surface area (Å²) in [6, 6.07) is 16.8. The van der Waals surface area contributed by atoms with Crippen molar-refractivity contribution in [2.45, 2.75) is 110 Å². The molecule has 2 aliphatic carbocycles. The van der Waals surface area contributed by atoms with Crippen molar-refractivity contribution >= 4 is 45.6 Å². The molecule has 2 fully saturated rings. The summed E-state index contributed by atoms with van der Waals surface area (Å²) in [6.07, 6.45) is 7.84. The first-order valence-electron chi connectivity index (χ1n) is 18.5. The van der Waals surface area contributed by atoms with E-state index in [4.69, 9.17) is 4.74 Å². The molecule has 0 atom stereocenters. The van der Waals surface area contributed by atoms with E-state index in [9.17, 15) is 14.4 Å². The normalized spacial score (nSPS) is 16.6. The number of carbonyl (C=O) groups excluding carboxylic acids is 3. The van der Waals surface area contributed by atoms with Gasteiger partial charge in [-0.05, 0) is 134 Å². The van der Waals surface area contributed by atoms with E-state index in [1.54, 1.807) is 11.3 Å². The highest BCUT2D eigenvalue weighted by Crippen LogP contribution is 2.39. The largest absolute Gasteiger partial charge is 0.444 e. The highest BCUT2D eigenvalue weighted by atomic mass is 32.1. The van der Waals surface area contributed by atoms with Crippen LogP contribution in [-0.4, -0.2) is 71.6 Å². The Labute approximate surface area is 301 Å². The maximum Gasteiger partial charge on any atom is 0.410 e. The third kappa shape index (κ3) is 8.69. The summed E-state index contributed by atoms with van der Waals surface area (Å²) < 4.78 is 5.61. The molecule has 0 bridgehead atoms. The number of anilines is 3. The molecule has 9 nitrogen and oxygen atoms in total. The van der Waals surface area contributed by atoms with Gasteiger partial charge in [-0.25, -0.2) is 4.79 Å². The number of hydrogen-bond acceptors (Lipinski definition) is 7. The number of nitrogens with zero attached hydrogens (tertiary/aromatic N) is 3. The molecule has 0 radical (unpaired) electrons. The van der Waals surface area contributed by atoms with Gasteiger partial charge in [-0.15, -0.1) is 11.3 Å².